The summed E-state index contributed by atoms with van der Waals surface area (Å²) in [6, 6.07) is 9.69. The summed E-state index contributed by atoms with van der Waals surface area (Å²) in [7, 11) is 0. The largest absolute Gasteiger partial charge is 0.321 e. The Morgan fingerprint density at radius 3 is 2.38 bits per heavy atom. The third-order valence-corrected chi connectivity index (χ3v) is 3.33. The van der Waals surface area contributed by atoms with Gasteiger partial charge in [0.1, 0.15) is 0 Å². The first-order valence-electron chi connectivity index (χ1n) is 5.09. The van der Waals surface area contributed by atoms with Crippen molar-refractivity contribution in [1.29, 1.82) is 0 Å². The maximum absolute atomic E-state index is 11.9. The highest BCUT2D eigenvalue weighted by atomic mass is 32.1. The van der Waals surface area contributed by atoms with Crippen molar-refractivity contribution in [3.05, 3.63) is 51.7 Å². The molecule has 0 saturated heterocycles. The minimum atomic E-state index is -0.0348. The van der Waals surface area contributed by atoms with Crippen molar-refractivity contribution in [3.8, 4) is 0 Å². The molecular formula is C13H13NOS. The zero-order valence-electron chi connectivity index (χ0n) is 9.28. The molecule has 0 saturated carbocycles. The minimum absolute atomic E-state index is 0.0348. The molecular weight excluding hydrogens is 218 g/mol. The molecule has 3 heteroatoms. The number of para-hydroxylation sites is 1. The average Bonchev–Trinajstić information content (AvgIpc) is 2.76. The Morgan fingerprint density at radius 1 is 1.12 bits per heavy atom. The third-order valence-electron chi connectivity index (χ3n) is 2.46. The minimum Gasteiger partial charge on any atom is -0.321 e. The van der Waals surface area contributed by atoms with Crippen molar-refractivity contribution in [2.45, 2.75) is 13.8 Å². The van der Waals surface area contributed by atoms with E-state index in [4.69, 9.17) is 0 Å². The third kappa shape index (κ3) is 2.14. The fourth-order valence-electron chi connectivity index (χ4n) is 1.59. The van der Waals surface area contributed by atoms with Crippen LogP contribution in [0.1, 0.15) is 20.8 Å². The maximum Gasteiger partial charge on any atom is 0.265 e. The predicted molar refractivity (Wildman–Crippen MR) is 68.2 cm³/mol. The highest BCUT2D eigenvalue weighted by molar-refractivity contribution is 7.12. The van der Waals surface area contributed by atoms with E-state index in [0.717, 1.165) is 21.7 Å². The van der Waals surface area contributed by atoms with Crippen LogP contribution in [0.25, 0.3) is 0 Å². The monoisotopic (exact) mass is 231 g/mol. The van der Waals surface area contributed by atoms with Gasteiger partial charge in [0, 0.05) is 5.69 Å². The number of hydrogen-bond donors (Lipinski definition) is 1. The molecule has 1 aromatic heterocycles. The van der Waals surface area contributed by atoms with Crippen LogP contribution in [0.3, 0.4) is 0 Å². The van der Waals surface area contributed by atoms with Gasteiger partial charge in [-0.05, 0) is 36.4 Å². The quantitative estimate of drug-likeness (QED) is 0.840. The van der Waals surface area contributed by atoms with E-state index in [1.54, 1.807) is 0 Å². The summed E-state index contributed by atoms with van der Waals surface area (Å²) >= 11 is 1.45. The number of amides is 1. The first-order chi connectivity index (χ1) is 7.68. The SMILES string of the molecule is Cc1cccc(C)c1NC(=O)c1cccs1. The van der Waals surface area contributed by atoms with E-state index in [1.165, 1.54) is 11.3 Å². The molecule has 1 aromatic carbocycles. The van der Waals surface area contributed by atoms with Crippen LogP contribution >= 0.6 is 11.3 Å². The first-order valence-corrected chi connectivity index (χ1v) is 5.97. The van der Waals surface area contributed by atoms with Gasteiger partial charge in [-0.25, -0.2) is 0 Å². The summed E-state index contributed by atoms with van der Waals surface area (Å²) in [5.74, 6) is -0.0348. The number of anilines is 1. The summed E-state index contributed by atoms with van der Waals surface area (Å²) in [4.78, 5) is 12.6. The van der Waals surface area contributed by atoms with Crippen molar-refractivity contribution in [3.63, 3.8) is 0 Å². The number of benzene rings is 1. The van der Waals surface area contributed by atoms with E-state index in [9.17, 15) is 4.79 Å². The van der Waals surface area contributed by atoms with E-state index in [2.05, 4.69) is 5.32 Å². The molecule has 82 valence electrons. The second kappa shape index (κ2) is 4.49. The summed E-state index contributed by atoms with van der Waals surface area (Å²) in [6.45, 7) is 3.99. The van der Waals surface area contributed by atoms with Crippen molar-refractivity contribution >= 4 is 22.9 Å². The molecule has 0 fully saturated rings. The highest BCUT2D eigenvalue weighted by Crippen LogP contribution is 2.21. The van der Waals surface area contributed by atoms with Crippen molar-refractivity contribution in [1.82, 2.24) is 0 Å². The first kappa shape index (κ1) is 10.9. The number of aryl methyl sites for hydroxylation is 2. The van der Waals surface area contributed by atoms with Crippen molar-refractivity contribution in [2.24, 2.45) is 0 Å². The molecule has 0 aliphatic rings. The van der Waals surface area contributed by atoms with Gasteiger partial charge in [-0.15, -0.1) is 11.3 Å². The molecule has 0 unspecified atom stereocenters. The second-order valence-electron chi connectivity index (χ2n) is 3.70. The molecule has 2 nitrogen and oxygen atoms in total. The van der Waals surface area contributed by atoms with Gasteiger partial charge < -0.3 is 5.32 Å². The van der Waals surface area contributed by atoms with E-state index in [-0.39, 0.29) is 5.91 Å². The van der Waals surface area contributed by atoms with Crippen LogP contribution in [0.4, 0.5) is 5.69 Å². The standard InChI is InChI=1S/C13H13NOS/c1-9-5-3-6-10(2)12(9)14-13(15)11-7-4-8-16-11/h3-8H,1-2H3,(H,14,15). The van der Waals surface area contributed by atoms with Gasteiger partial charge >= 0.3 is 0 Å². The molecule has 0 atom stereocenters. The second-order valence-corrected chi connectivity index (χ2v) is 4.65. The fourth-order valence-corrected chi connectivity index (χ4v) is 2.21. The average molecular weight is 231 g/mol. The van der Waals surface area contributed by atoms with Crippen molar-refractivity contribution in [2.75, 3.05) is 5.32 Å². The number of hydrogen-bond acceptors (Lipinski definition) is 2. The van der Waals surface area contributed by atoms with E-state index < -0.39 is 0 Å². The van der Waals surface area contributed by atoms with Crippen LogP contribution in [0, 0.1) is 13.8 Å². The summed E-state index contributed by atoms with van der Waals surface area (Å²) in [5.41, 5.74) is 3.09. The topological polar surface area (TPSA) is 29.1 Å². The number of thiophene rings is 1. The van der Waals surface area contributed by atoms with E-state index >= 15 is 0 Å². The van der Waals surface area contributed by atoms with Gasteiger partial charge in [0.2, 0.25) is 0 Å². The Labute approximate surface area is 98.9 Å². The van der Waals surface area contributed by atoms with Crippen LogP contribution in [-0.4, -0.2) is 5.91 Å². The molecule has 1 heterocycles. The number of carbonyl (C=O) groups is 1. The Bertz CT molecular complexity index is 482. The maximum atomic E-state index is 11.9. The zero-order chi connectivity index (χ0) is 11.5. The smallest absolute Gasteiger partial charge is 0.265 e. The van der Waals surface area contributed by atoms with Crippen LogP contribution in [-0.2, 0) is 0 Å². The predicted octanol–water partition coefficient (Wildman–Crippen LogP) is 3.62. The summed E-state index contributed by atoms with van der Waals surface area (Å²) in [6.07, 6.45) is 0. The number of rotatable bonds is 2. The summed E-state index contributed by atoms with van der Waals surface area (Å²) in [5, 5.41) is 4.85. The lowest BCUT2D eigenvalue weighted by molar-refractivity contribution is 0.103. The van der Waals surface area contributed by atoms with Crippen LogP contribution in [0.2, 0.25) is 0 Å². The lowest BCUT2D eigenvalue weighted by Crippen LogP contribution is -2.12. The van der Waals surface area contributed by atoms with Gasteiger partial charge in [-0.2, -0.15) is 0 Å². The Morgan fingerprint density at radius 2 is 1.81 bits per heavy atom. The molecule has 0 radical (unpaired) electrons. The lowest BCUT2D eigenvalue weighted by atomic mass is 10.1. The Kier molecular flexibility index (Phi) is 3.06. The number of carbonyl (C=O) groups excluding carboxylic acids is 1. The molecule has 0 aliphatic heterocycles. The van der Waals surface area contributed by atoms with E-state index in [1.807, 2.05) is 49.6 Å². The Balaban J connectivity index is 2.25. The molecule has 0 spiro atoms. The molecule has 2 aromatic rings. The van der Waals surface area contributed by atoms with Gasteiger partial charge in [0.25, 0.3) is 5.91 Å². The van der Waals surface area contributed by atoms with Gasteiger partial charge in [0.15, 0.2) is 0 Å². The number of nitrogens with one attached hydrogen (secondary N) is 1. The molecule has 0 aliphatic carbocycles. The molecule has 1 N–H and O–H groups in total. The fraction of sp³-hybridized carbons (Fsp3) is 0.154. The molecule has 2 rings (SSSR count). The van der Waals surface area contributed by atoms with Gasteiger partial charge in [0.05, 0.1) is 4.88 Å². The van der Waals surface area contributed by atoms with Crippen molar-refractivity contribution < 1.29 is 4.79 Å². The zero-order valence-corrected chi connectivity index (χ0v) is 10.1. The van der Waals surface area contributed by atoms with Gasteiger partial charge in [-0.3, -0.25) is 4.79 Å². The Hall–Kier alpha value is -1.61. The normalized spacial score (nSPS) is 10.1. The summed E-state index contributed by atoms with van der Waals surface area (Å²) < 4.78 is 0. The molecule has 0 bridgehead atoms. The van der Waals surface area contributed by atoms with Gasteiger partial charge in [-0.1, -0.05) is 24.3 Å². The molecule has 1 amide bonds. The molecule has 16 heavy (non-hydrogen) atoms. The van der Waals surface area contributed by atoms with Crippen LogP contribution in [0.5, 0.6) is 0 Å². The van der Waals surface area contributed by atoms with E-state index in [0.29, 0.717) is 0 Å². The van der Waals surface area contributed by atoms with Crippen LogP contribution < -0.4 is 5.32 Å². The highest BCUT2D eigenvalue weighted by Gasteiger charge is 2.09. The van der Waals surface area contributed by atoms with Crippen LogP contribution in [0.15, 0.2) is 35.7 Å². The lowest BCUT2D eigenvalue weighted by Gasteiger charge is -2.10.